The molecule has 0 spiro atoms. The number of aromatic nitrogens is 1. The number of anilines is 1. The molecular weight excluding hydrogens is 296 g/mol. The van der Waals surface area contributed by atoms with E-state index in [-0.39, 0.29) is 0 Å². The van der Waals surface area contributed by atoms with E-state index in [1.165, 1.54) is 64.2 Å². The number of nitrogen functional groups attached to an aromatic ring is 1. The van der Waals surface area contributed by atoms with Crippen molar-refractivity contribution >= 4 is 11.7 Å². The van der Waals surface area contributed by atoms with Crippen LogP contribution in [0.2, 0.25) is 0 Å². The Kier molecular flexibility index (Phi) is 7.97. The molecule has 24 heavy (non-hydrogen) atoms. The highest BCUT2D eigenvalue weighted by atomic mass is 14.9. The zero-order valence-corrected chi connectivity index (χ0v) is 15.3. The van der Waals surface area contributed by atoms with Crippen LogP contribution in [0.4, 0.5) is 5.69 Å². The van der Waals surface area contributed by atoms with Crippen LogP contribution in [0.1, 0.15) is 75.5 Å². The van der Waals surface area contributed by atoms with Crippen LogP contribution in [0, 0.1) is 13.8 Å². The summed E-state index contributed by atoms with van der Waals surface area (Å²) in [6.45, 7) is 3.88. The SMILES string of the molecule is C(=NC1CCCCC1)=NC1CCCCC1.Cc1ccnc(C)c1N. The Balaban J connectivity index is 0.000000198. The van der Waals surface area contributed by atoms with E-state index >= 15 is 0 Å². The fraction of sp³-hybridized carbons (Fsp3) is 0.700. The lowest BCUT2D eigenvalue weighted by Crippen LogP contribution is -2.10. The van der Waals surface area contributed by atoms with Crippen molar-refractivity contribution in [1.82, 2.24) is 4.98 Å². The van der Waals surface area contributed by atoms with E-state index in [0.29, 0.717) is 12.1 Å². The Morgan fingerprint density at radius 1 is 0.917 bits per heavy atom. The molecule has 2 aliphatic carbocycles. The molecule has 0 amide bonds. The molecule has 0 aliphatic heterocycles. The normalized spacial score (nSPS) is 18.9. The number of aryl methyl sites for hydroxylation is 2. The van der Waals surface area contributed by atoms with Gasteiger partial charge in [0.25, 0.3) is 0 Å². The minimum atomic E-state index is 0.533. The van der Waals surface area contributed by atoms with Gasteiger partial charge in [0.2, 0.25) is 0 Å². The van der Waals surface area contributed by atoms with E-state index in [1.54, 1.807) is 6.20 Å². The van der Waals surface area contributed by atoms with Crippen LogP contribution in [0.3, 0.4) is 0 Å². The second kappa shape index (κ2) is 10.2. The molecule has 132 valence electrons. The van der Waals surface area contributed by atoms with E-state index in [2.05, 4.69) is 21.0 Å². The number of hydrogen-bond acceptors (Lipinski definition) is 4. The van der Waals surface area contributed by atoms with Crippen LogP contribution < -0.4 is 5.73 Å². The Bertz CT molecular complexity index is 507. The van der Waals surface area contributed by atoms with Crippen molar-refractivity contribution in [2.24, 2.45) is 9.98 Å². The third kappa shape index (κ3) is 6.45. The number of nitrogens with two attached hydrogens (primary N) is 1. The number of pyridine rings is 1. The maximum atomic E-state index is 5.62. The smallest absolute Gasteiger partial charge is 0.0898 e. The van der Waals surface area contributed by atoms with E-state index in [0.717, 1.165) is 16.9 Å². The molecule has 0 unspecified atom stereocenters. The summed E-state index contributed by atoms with van der Waals surface area (Å²) in [5.74, 6) is 0. The van der Waals surface area contributed by atoms with Gasteiger partial charge in [0.05, 0.1) is 29.5 Å². The first-order valence-corrected chi connectivity index (χ1v) is 9.49. The fourth-order valence-corrected chi connectivity index (χ4v) is 3.32. The summed E-state index contributed by atoms with van der Waals surface area (Å²) in [5.41, 5.74) is 8.43. The summed E-state index contributed by atoms with van der Waals surface area (Å²) >= 11 is 0. The van der Waals surface area contributed by atoms with E-state index in [4.69, 9.17) is 5.73 Å². The van der Waals surface area contributed by atoms with Gasteiger partial charge in [-0.05, 0) is 51.2 Å². The minimum Gasteiger partial charge on any atom is -0.397 e. The van der Waals surface area contributed by atoms with Gasteiger partial charge in [-0.15, -0.1) is 0 Å². The third-order valence-electron chi connectivity index (χ3n) is 5.04. The standard InChI is InChI=1S/C13H22N2.C7H10N2/c1-3-7-12(8-4-1)14-11-15-13-9-5-2-6-10-13;1-5-3-4-9-6(2)7(5)8/h12-13H,1-10H2;3-4H,8H2,1-2H3. The van der Waals surface area contributed by atoms with Crippen LogP contribution in [-0.4, -0.2) is 23.1 Å². The number of rotatable bonds is 2. The van der Waals surface area contributed by atoms with E-state index in [1.807, 2.05) is 19.9 Å². The average molecular weight is 329 g/mol. The Labute approximate surface area is 146 Å². The van der Waals surface area contributed by atoms with Crippen molar-refractivity contribution < 1.29 is 0 Å². The van der Waals surface area contributed by atoms with Crippen molar-refractivity contribution in [2.45, 2.75) is 90.1 Å². The topological polar surface area (TPSA) is 63.6 Å². The van der Waals surface area contributed by atoms with Crippen LogP contribution in [-0.2, 0) is 0 Å². The number of hydrogen-bond donors (Lipinski definition) is 1. The highest BCUT2D eigenvalue weighted by Crippen LogP contribution is 2.21. The first-order valence-electron chi connectivity index (χ1n) is 9.49. The largest absolute Gasteiger partial charge is 0.397 e. The highest BCUT2D eigenvalue weighted by Gasteiger charge is 2.12. The Hall–Kier alpha value is -1.67. The zero-order chi connectivity index (χ0) is 17.2. The van der Waals surface area contributed by atoms with Gasteiger partial charge in [-0.3, -0.25) is 4.98 Å². The zero-order valence-electron chi connectivity index (χ0n) is 15.3. The molecule has 2 saturated carbocycles. The van der Waals surface area contributed by atoms with Crippen LogP contribution >= 0.6 is 0 Å². The van der Waals surface area contributed by atoms with Crippen LogP contribution in [0.25, 0.3) is 0 Å². The molecule has 0 radical (unpaired) electrons. The second-order valence-corrected chi connectivity index (χ2v) is 7.07. The van der Waals surface area contributed by atoms with E-state index < -0.39 is 0 Å². The summed E-state index contributed by atoms with van der Waals surface area (Å²) in [4.78, 5) is 12.9. The molecule has 2 aliphatic rings. The summed E-state index contributed by atoms with van der Waals surface area (Å²) in [6, 6.07) is 5.95. The van der Waals surface area contributed by atoms with Gasteiger partial charge in [0.15, 0.2) is 0 Å². The molecule has 3 rings (SSSR count). The predicted molar refractivity (Wildman–Crippen MR) is 102 cm³/mol. The summed E-state index contributed by atoms with van der Waals surface area (Å²) in [5, 5.41) is 0. The lowest BCUT2D eigenvalue weighted by Gasteiger charge is -2.17. The van der Waals surface area contributed by atoms with Gasteiger partial charge in [0.1, 0.15) is 0 Å². The summed E-state index contributed by atoms with van der Waals surface area (Å²) in [7, 11) is 0. The lowest BCUT2D eigenvalue weighted by atomic mass is 9.96. The van der Waals surface area contributed by atoms with Gasteiger partial charge in [-0.1, -0.05) is 38.5 Å². The minimum absolute atomic E-state index is 0.533. The molecule has 2 fully saturated rings. The van der Waals surface area contributed by atoms with Gasteiger partial charge < -0.3 is 5.73 Å². The van der Waals surface area contributed by atoms with Gasteiger partial charge in [-0.2, -0.15) is 0 Å². The third-order valence-corrected chi connectivity index (χ3v) is 5.04. The van der Waals surface area contributed by atoms with Crippen molar-refractivity contribution in [3.8, 4) is 0 Å². The van der Waals surface area contributed by atoms with Crippen molar-refractivity contribution in [1.29, 1.82) is 0 Å². The lowest BCUT2D eigenvalue weighted by molar-refractivity contribution is 0.438. The molecule has 0 bridgehead atoms. The van der Waals surface area contributed by atoms with Gasteiger partial charge >= 0.3 is 0 Å². The number of nitrogens with zero attached hydrogens (tertiary/aromatic N) is 3. The molecule has 4 nitrogen and oxygen atoms in total. The molecule has 1 aromatic heterocycles. The van der Waals surface area contributed by atoms with Crippen molar-refractivity contribution in [3.05, 3.63) is 23.5 Å². The highest BCUT2D eigenvalue weighted by molar-refractivity contribution is 5.48. The molecule has 2 N–H and O–H groups in total. The van der Waals surface area contributed by atoms with E-state index in [9.17, 15) is 0 Å². The maximum absolute atomic E-state index is 5.62. The quantitative estimate of drug-likeness (QED) is 0.767. The molecule has 0 aromatic carbocycles. The van der Waals surface area contributed by atoms with Crippen LogP contribution in [0.5, 0.6) is 0 Å². The molecule has 0 saturated heterocycles. The van der Waals surface area contributed by atoms with Crippen molar-refractivity contribution in [3.63, 3.8) is 0 Å². The Morgan fingerprint density at radius 2 is 1.42 bits per heavy atom. The molecular formula is C20H32N4. The molecule has 1 aromatic rings. The van der Waals surface area contributed by atoms with Crippen LogP contribution in [0.15, 0.2) is 22.2 Å². The second-order valence-electron chi connectivity index (χ2n) is 7.07. The molecule has 1 heterocycles. The summed E-state index contributed by atoms with van der Waals surface area (Å²) in [6.07, 6.45) is 15.0. The molecule has 4 heteroatoms. The fourth-order valence-electron chi connectivity index (χ4n) is 3.32. The van der Waals surface area contributed by atoms with Gasteiger partial charge in [-0.25, -0.2) is 9.98 Å². The average Bonchev–Trinajstić information content (AvgIpc) is 2.62. The van der Waals surface area contributed by atoms with Gasteiger partial charge in [0, 0.05) is 6.20 Å². The monoisotopic (exact) mass is 328 g/mol. The number of aliphatic imine (C=N–C) groups is 2. The predicted octanol–water partition coefficient (Wildman–Crippen LogP) is 5.11. The first kappa shape index (κ1) is 18.7. The summed E-state index contributed by atoms with van der Waals surface area (Å²) < 4.78 is 0. The van der Waals surface area contributed by atoms with Crippen molar-refractivity contribution in [2.75, 3.05) is 5.73 Å². The maximum Gasteiger partial charge on any atom is 0.0898 e. The first-order chi connectivity index (χ1) is 11.7. The Morgan fingerprint density at radius 3 is 1.83 bits per heavy atom. The molecule has 0 atom stereocenters.